The number of ether oxygens (including phenoxy) is 1. The van der Waals surface area contributed by atoms with Crippen LogP contribution in [0.3, 0.4) is 0 Å². The number of halogens is 1. The summed E-state index contributed by atoms with van der Waals surface area (Å²) in [6.45, 7) is 1.33. The normalized spacial score (nSPS) is 25.3. The molecule has 1 aromatic carbocycles. The molecule has 1 aromatic rings. The lowest BCUT2D eigenvalue weighted by molar-refractivity contribution is -0.0557. The highest BCUT2D eigenvalue weighted by Gasteiger charge is 2.42. The number of benzene rings is 1. The molecule has 2 aliphatic heterocycles. The standard InChI is InChI=1S/C15H20N2O2.ClH/c1-19-13-8-6-12(7-9-13)15(18)11-16-14-5-3-2-4-10-17(14)15;/h6-9,18H,2-5,10-11H2,1H3;1H/p-1. The summed E-state index contributed by atoms with van der Waals surface area (Å²) in [7, 11) is 1.65. The van der Waals surface area contributed by atoms with E-state index in [0.29, 0.717) is 6.54 Å². The van der Waals surface area contributed by atoms with Gasteiger partial charge in [0.25, 0.3) is 0 Å². The maximum Gasteiger partial charge on any atom is 0.185 e. The molecule has 0 amide bonds. The molecule has 20 heavy (non-hydrogen) atoms. The van der Waals surface area contributed by atoms with Gasteiger partial charge in [0.1, 0.15) is 11.6 Å². The molecule has 0 aromatic heterocycles. The van der Waals surface area contributed by atoms with E-state index in [2.05, 4.69) is 9.89 Å². The first-order chi connectivity index (χ1) is 9.24. The molecule has 0 spiro atoms. The molecular formula is C15H20ClN2O2-. The number of aliphatic hydroxyl groups is 1. The fourth-order valence-corrected chi connectivity index (χ4v) is 2.95. The van der Waals surface area contributed by atoms with E-state index in [1.54, 1.807) is 7.11 Å². The zero-order valence-corrected chi connectivity index (χ0v) is 12.4. The van der Waals surface area contributed by atoms with Crippen molar-refractivity contribution in [2.24, 2.45) is 4.99 Å². The molecule has 5 heteroatoms. The van der Waals surface area contributed by atoms with E-state index >= 15 is 0 Å². The second kappa shape index (κ2) is 6.02. The summed E-state index contributed by atoms with van der Waals surface area (Å²) in [4.78, 5) is 6.64. The predicted molar refractivity (Wildman–Crippen MR) is 74.4 cm³/mol. The Hall–Kier alpha value is -1.26. The Morgan fingerprint density at radius 1 is 1.20 bits per heavy atom. The lowest BCUT2D eigenvalue weighted by Gasteiger charge is -2.35. The number of rotatable bonds is 2. The maximum atomic E-state index is 11.0. The molecule has 2 heterocycles. The summed E-state index contributed by atoms with van der Waals surface area (Å²) < 4.78 is 5.17. The molecule has 1 fully saturated rings. The van der Waals surface area contributed by atoms with Crippen LogP contribution in [0.4, 0.5) is 0 Å². The number of methoxy groups -OCH3 is 1. The molecule has 1 N–H and O–H groups in total. The Kier molecular flexibility index (Phi) is 4.55. The fourth-order valence-electron chi connectivity index (χ4n) is 2.95. The van der Waals surface area contributed by atoms with E-state index in [1.165, 1.54) is 12.8 Å². The van der Waals surface area contributed by atoms with Crippen molar-refractivity contribution in [3.05, 3.63) is 29.8 Å². The zero-order valence-electron chi connectivity index (χ0n) is 11.7. The molecule has 0 bridgehead atoms. The Bertz CT molecular complexity index is 489. The van der Waals surface area contributed by atoms with Crippen molar-refractivity contribution < 1.29 is 22.3 Å². The summed E-state index contributed by atoms with van der Waals surface area (Å²) in [6, 6.07) is 7.65. The van der Waals surface area contributed by atoms with Gasteiger partial charge in [-0.1, -0.05) is 18.6 Å². The SMILES string of the molecule is COc1ccc(C2(O)CN=C3CCCCCN32)cc1.[Cl-]. The predicted octanol–water partition coefficient (Wildman–Crippen LogP) is -0.868. The smallest absolute Gasteiger partial charge is 0.185 e. The molecule has 0 saturated carbocycles. The molecule has 1 saturated heterocycles. The van der Waals surface area contributed by atoms with Gasteiger partial charge in [0.2, 0.25) is 0 Å². The molecule has 0 radical (unpaired) electrons. The van der Waals surface area contributed by atoms with E-state index in [1.807, 2.05) is 24.3 Å². The average molecular weight is 296 g/mol. The summed E-state index contributed by atoms with van der Waals surface area (Å²) in [5, 5.41) is 11.0. The molecule has 4 nitrogen and oxygen atoms in total. The summed E-state index contributed by atoms with van der Waals surface area (Å²) in [5.41, 5.74) is -0.0691. The number of aliphatic imine (C=N–C) groups is 1. The van der Waals surface area contributed by atoms with Crippen molar-refractivity contribution in [2.75, 3.05) is 20.2 Å². The number of amidine groups is 1. The maximum absolute atomic E-state index is 11.0. The van der Waals surface area contributed by atoms with Crippen molar-refractivity contribution in [3.8, 4) is 5.75 Å². The van der Waals surface area contributed by atoms with E-state index in [0.717, 1.165) is 36.5 Å². The van der Waals surface area contributed by atoms with Gasteiger partial charge in [-0.15, -0.1) is 0 Å². The third kappa shape index (κ3) is 2.50. The molecule has 2 aliphatic rings. The van der Waals surface area contributed by atoms with Crippen molar-refractivity contribution >= 4 is 5.84 Å². The third-order valence-electron chi connectivity index (χ3n) is 4.07. The third-order valence-corrected chi connectivity index (χ3v) is 4.07. The van der Waals surface area contributed by atoms with Crippen LogP contribution in [0.2, 0.25) is 0 Å². The highest BCUT2D eigenvalue weighted by Crippen LogP contribution is 2.35. The summed E-state index contributed by atoms with van der Waals surface area (Å²) in [5.74, 6) is 1.87. The minimum Gasteiger partial charge on any atom is -1.00 e. The van der Waals surface area contributed by atoms with Gasteiger partial charge in [0.15, 0.2) is 5.72 Å². The first kappa shape index (κ1) is 15.1. The molecular weight excluding hydrogens is 276 g/mol. The van der Waals surface area contributed by atoms with Crippen molar-refractivity contribution in [2.45, 2.75) is 31.4 Å². The first-order valence-corrected chi connectivity index (χ1v) is 6.92. The van der Waals surface area contributed by atoms with Crippen LogP contribution in [0.15, 0.2) is 29.3 Å². The van der Waals surface area contributed by atoms with Crippen molar-refractivity contribution in [1.82, 2.24) is 4.90 Å². The highest BCUT2D eigenvalue weighted by atomic mass is 35.5. The van der Waals surface area contributed by atoms with Crippen LogP contribution in [-0.2, 0) is 5.72 Å². The van der Waals surface area contributed by atoms with E-state index in [4.69, 9.17) is 4.74 Å². The quantitative estimate of drug-likeness (QED) is 0.772. The summed E-state index contributed by atoms with van der Waals surface area (Å²) in [6.07, 6.45) is 4.50. The average Bonchev–Trinajstić information content (AvgIpc) is 2.65. The number of nitrogens with zero attached hydrogens (tertiary/aromatic N) is 2. The fraction of sp³-hybridized carbons (Fsp3) is 0.533. The highest BCUT2D eigenvalue weighted by molar-refractivity contribution is 5.85. The molecule has 110 valence electrons. The number of hydrogen-bond acceptors (Lipinski definition) is 4. The topological polar surface area (TPSA) is 45.1 Å². The van der Waals surface area contributed by atoms with E-state index < -0.39 is 5.72 Å². The Morgan fingerprint density at radius 3 is 2.65 bits per heavy atom. The van der Waals surface area contributed by atoms with Gasteiger partial charge in [-0.25, -0.2) is 0 Å². The minimum atomic E-state index is -0.966. The molecule has 1 unspecified atom stereocenters. The van der Waals surface area contributed by atoms with Gasteiger partial charge in [0.05, 0.1) is 13.7 Å². The zero-order chi connectivity index (χ0) is 13.3. The van der Waals surface area contributed by atoms with Gasteiger partial charge in [-0.05, 0) is 25.0 Å². The first-order valence-electron chi connectivity index (χ1n) is 6.92. The van der Waals surface area contributed by atoms with Gasteiger partial charge >= 0.3 is 0 Å². The van der Waals surface area contributed by atoms with Crippen molar-refractivity contribution in [1.29, 1.82) is 0 Å². The molecule has 3 rings (SSSR count). The van der Waals surface area contributed by atoms with E-state index in [-0.39, 0.29) is 12.4 Å². The largest absolute Gasteiger partial charge is 1.00 e. The second-order valence-corrected chi connectivity index (χ2v) is 5.24. The van der Waals surface area contributed by atoms with Crippen LogP contribution in [0.5, 0.6) is 5.75 Å². The lowest BCUT2D eigenvalue weighted by Crippen LogP contribution is -3.00. The van der Waals surface area contributed by atoms with Crippen LogP contribution in [0.1, 0.15) is 31.2 Å². The van der Waals surface area contributed by atoms with Gasteiger partial charge in [-0.2, -0.15) is 0 Å². The van der Waals surface area contributed by atoms with Gasteiger partial charge < -0.3 is 27.2 Å². The van der Waals surface area contributed by atoms with Gasteiger partial charge in [0, 0.05) is 18.5 Å². The molecule has 1 atom stereocenters. The monoisotopic (exact) mass is 295 g/mol. The Balaban J connectivity index is 0.00000147. The van der Waals surface area contributed by atoms with Crippen LogP contribution in [-0.4, -0.2) is 36.0 Å². The van der Waals surface area contributed by atoms with E-state index in [9.17, 15) is 5.11 Å². The number of fused-ring (bicyclic) bond motifs is 1. The number of hydrogen-bond donors (Lipinski definition) is 1. The van der Waals surface area contributed by atoms with Crippen LogP contribution in [0, 0.1) is 0 Å². The van der Waals surface area contributed by atoms with Crippen LogP contribution in [0.25, 0.3) is 0 Å². The summed E-state index contributed by atoms with van der Waals surface area (Å²) >= 11 is 0. The molecule has 0 aliphatic carbocycles. The van der Waals surface area contributed by atoms with Crippen LogP contribution >= 0.6 is 0 Å². The minimum absolute atomic E-state index is 0. The van der Waals surface area contributed by atoms with Crippen LogP contribution < -0.4 is 17.1 Å². The van der Waals surface area contributed by atoms with Gasteiger partial charge in [-0.3, -0.25) is 4.99 Å². The Labute approximate surface area is 125 Å². The Morgan fingerprint density at radius 2 is 1.95 bits per heavy atom. The van der Waals surface area contributed by atoms with Crippen molar-refractivity contribution in [3.63, 3.8) is 0 Å². The second-order valence-electron chi connectivity index (χ2n) is 5.24. The lowest BCUT2D eigenvalue weighted by atomic mass is 10.0.